The van der Waals surface area contributed by atoms with E-state index in [4.69, 9.17) is 15.0 Å². The zero-order valence-electron chi connectivity index (χ0n) is 27.2. The summed E-state index contributed by atoms with van der Waals surface area (Å²) in [5.74, 6) is 1.96. The fraction of sp³-hybridized carbons (Fsp3) is 0. The maximum atomic E-state index is 5.05. The molecule has 0 bridgehead atoms. The van der Waals surface area contributed by atoms with Gasteiger partial charge in [0.15, 0.2) is 17.5 Å². The van der Waals surface area contributed by atoms with Crippen LogP contribution in [0, 0.1) is 0 Å². The lowest BCUT2D eigenvalue weighted by atomic mass is 9.88. The smallest absolute Gasteiger partial charge is 0.164 e. The van der Waals surface area contributed by atoms with Crippen molar-refractivity contribution in [2.24, 2.45) is 0 Å². The fourth-order valence-corrected chi connectivity index (χ4v) is 6.94. The van der Waals surface area contributed by atoms with Crippen LogP contribution in [0.3, 0.4) is 0 Å². The molecule has 0 aliphatic rings. The Kier molecular flexibility index (Phi) is 7.49. The molecule has 0 aliphatic carbocycles. The standard InChI is InChI=1S/C47H31N3/c1-4-15-32(16-5-1)35-21-14-22-36(31-35)37-27-28-42(39-24-11-10-23-38(37)39)43-29-30-44(41-26-13-12-25-40(41)43)47-49-45(33-17-6-2-7-18-33)48-46(50-47)34-19-8-3-9-20-34/h1-31H. The lowest BCUT2D eigenvalue weighted by molar-refractivity contribution is 1.08. The minimum Gasteiger partial charge on any atom is -0.208 e. The number of aromatic nitrogens is 3. The molecule has 1 heterocycles. The highest BCUT2D eigenvalue weighted by molar-refractivity contribution is 6.12. The van der Waals surface area contributed by atoms with E-state index in [0.29, 0.717) is 17.5 Å². The number of hydrogen-bond acceptors (Lipinski definition) is 3. The van der Waals surface area contributed by atoms with Crippen molar-refractivity contribution < 1.29 is 0 Å². The van der Waals surface area contributed by atoms with Crippen molar-refractivity contribution in [1.29, 1.82) is 0 Å². The van der Waals surface area contributed by atoms with Crippen LogP contribution in [0.4, 0.5) is 0 Å². The van der Waals surface area contributed by atoms with Crippen molar-refractivity contribution >= 4 is 21.5 Å². The van der Waals surface area contributed by atoms with Crippen LogP contribution in [0.25, 0.3) is 89.1 Å². The quantitative estimate of drug-likeness (QED) is 0.182. The van der Waals surface area contributed by atoms with Crippen molar-refractivity contribution in [1.82, 2.24) is 15.0 Å². The third kappa shape index (κ3) is 5.41. The Morgan fingerprint density at radius 3 is 1.12 bits per heavy atom. The van der Waals surface area contributed by atoms with Gasteiger partial charge in [0.1, 0.15) is 0 Å². The van der Waals surface area contributed by atoms with E-state index in [2.05, 4.69) is 127 Å². The van der Waals surface area contributed by atoms with E-state index in [1.807, 2.05) is 60.7 Å². The maximum Gasteiger partial charge on any atom is 0.164 e. The van der Waals surface area contributed by atoms with Gasteiger partial charge in [0.2, 0.25) is 0 Å². The van der Waals surface area contributed by atoms with Crippen LogP contribution in [0.15, 0.2) is 188 Å². The highest BCUT2D eigenvalue weighted by Crippen LogP contribution is 2.41. The zero-order chi connectivity index (χ0) is 33.3. The van der Waals surface area contributed by atoms with Crippen LogP contribution in [0.2, 0.25) is 0 Å². The van der Waals surface area contributed by atoms with Crippen LogP contribution in [0.5, 0.6) is 0 Å². The van der Waals surface area contributed by atoms with Gasteiger partial charge in [0, 0.05) is 16.7 Å². The minimum atomic E-state index is 0.652. The highest BCUT2D eigenvalue weighted by atomic mass is 15.0. The number of hydrogen-bond donors (Lipinski definition) is 0. The van der Waals surface area contributed by atoms with Gasteiger partial charge in [0.25, 0.3) is 0 Å². The third-order valence-electron chi connectivity index (χ3n) is 9.36. The Morgan fingerprint density at radius 2 is 0.580 bits per heavy atom. The van der Waals surface area contributed by atoms with Gasteiger partial charge < -0.3 is 0 Å². The van der Waals surface area contributed by atoms with Crippen molar-refractivity contribution in [2.75, 3.05) is 0 Å². The second-order valence-corrected chi connectivity index (χ2v) is 12.4. The van der Waals surface area contributed by atoms with E-state index in [1.165, 1.54) is 44.2 Å². The molecule has 0 saturated heterocycles. The molecular formula is C47H31N3. The second kappa shape index (κ2) is 12.7. The first-order valence-corrected chi connectivity index (χ1v) is 16.9. The van der Waals surface area contributed by atoms with Crippen LogP contribution in [0.1, 0.15) is 0 Å². The minimum absolute atomic E-state index is 0.652. The summed E-state index contributed by atoms with van der Waals surface area (Å²) in [5.41, 5.74) is 10.1. The first kappa shape index (κ1) is 29.4. The predicted octanol–water partition coefficient (Wildman–Crippen LogP) is 12.2. The first-order chi connectivity index (χ1) is 24.8. The van der Waals surface area contributed by atoms with Gasteiger partial charge in [-0.3, -0.25) is 0 Å². The molecular weight excluding hydrogens is 607 g/mol. The molecule has 8 aromatic carbocycles. The average Bonchev–Trinajstić information content (AvgIpc) is 3.21. The molecule has 0 N–H and O–H groups in total. The summed E-state index contributed by atoms with van der Waals surface area (Å²) >= 11 is 0. The molecule has 0 amide bonds. The second-order valence-electron chi connectivity index (χ2n) is 12.4. The van der Waals surface area contributed by atoms with E-state index < -0.39 is 0 Å². The molecule has 9 aromatic rings. The molecule has 0 radical (unpaired) electrons. The number of rotatable bonds is 6. The summed E-state index contributed by atoms with van der Waals surface area (Å²) in [6.45, 7) is 0. The van der Waals surface area contributed by atoms with E-state index in [-0.39, 0.29) is 0 Å². The Bertz CT molecular complexity index is 2570. The molecule has 0 spiro atoms. The highest BCUT2D eigenvalue weighted by Gasteiger charge is 2.17. The molecule has 0 atom stereocenters. The normalized spacial score (nSPS) is 11.2. The van der Waals surface area contributed by atoms with Crippen molar-refractivity contribution in [3.8, 4) is 67.5 Å². The van der Waals surface area contributed by atoms with E-state index in [9.17, 15) is 0 Å². The van der Waals surface area contributed by atoms with Gasteiger partial charge >= 0.3 is 0 Å². The van der Waals surface area contributed by atoms with Gasteiger partial charge in [-0.2, -0.15) is 0 Å². The van der Waals surface area contributed by atoms with Crippen molar-refractivity contribution in [3.05, 3.63) is 188 Å². The van der Waals surface area contributed by atoms with Gasteiger partial charge in [-0.25, -0.2) is 15.0 Å². The number of fused-ring (bicyclic) bond motifs is 2. The molecule has 9 rings (SSSR count). The Labute approximate surface area is 291 Å². The van der Waals surface area contributed by atoms with Gasteiger partial charge in [-0.1, -0.05) is 176 Å². The molecule has 0 fully saturated rings. The largest absolute Gasteiger partial charge is 0.208 e. The van der Waals surface area contributed by atoms with Gasteiger partial charge in [-0.15, -0.1) is 0 Å². The maximum absolute atomic E-state index is 5.05. The third-order valence-corrected chi connectivity index (χ3v) is 9.36. The molecule has 234 valence electrons. The summed E-state index contributed by atoms with van der Waals surface area (Å²) < 4.78 is 0. The zero-order valence-corrected chi connectivity index (χ0v) is 27.2. The Morgan fingerprint density at radius 1 is 0.220 bits per heavy atom. The summed E-state index contributed by atoms with van der Waals surface area (Å²) in [6.07, 6.45) is 0. The molecule has 3 nitrogen and oxygen atoms in total. The lowest BCUT2D eigenvalue weighted by Crippen LogP contribution is -2.00. The van der Waals surface area contributed by atoms with E-state index in [0.717, 1.165) is 27.5 Å². The molecule has 0 saturated carbocycles. The van der Waals surface area contributed by atoms with E-state index >= 15 is 0 Å². The van der Waals surface area contributed by atoms with Crippen molar-refractivity contribution in [2.45, 2.75) is 0 Å². The van der Waals surface area contributed by atoms with Crippen LogP contribution in [-0.2, 0) is 0 Å². The topological polar surface area (TPSA) is 38.7 Å². The van der Waals surface area contributed by atoms with Crippen molar-refractivity contribution in [3.63, 3.8) is 0 Å². The molecule has 50 heavy (non-hydrogen) atoms. The average molecular weight is 638 g/mol. The SMILES string of the molecule is c1ccc(-c2cccc(-c3ccc(-c4ccc(-c5nc(-c6ccccc6)nc(-c6ccccc6)n5)c5ccccc45)c4ccccc34)c2)cc1. The van der Waals surface area contributed by atoms with Crippen LogP contribution >= 0.6 is 0 Å². The molecule has 0 aliphatic heterocycles. The summed E-state index contributed by atoms with van der Waals surface area (Å²) in [7, 11) is 0. The Hall–Kier alpha value is -6.71. The summed E-state index contributed by atoms with van der Waals surface area (Å²) in [6, 6.07) is 65.9. The summed E-state index contributed by atoms with van der Waals surface area (Å²) in [4.78, 5) is 15.0. The molecule has 0 unspecified atom stereocenters. The summed E-state index contributed by atoms with van der Waals surface area (Å²) in [5, 5.41) is 4.68. The van der Waals surface area contributed by atoms with Crippen LogP contribution in [-0.4, -0.2) is 15.0 Å². The number of nitrogens with zero attached hydrogens (tertiary/aromatic N) is 3. The van der Waals surface area contributed by atoms with Gasteiger partial charge in [0.05, 0.1) is 0 Å². The molecule has 3 heteroatoms. The fourth-order valence-electron chi connectivity index (χ4n) is 6.94. The Balaban J connectivity index is 1.20. The van der Waals surface area contributed by atoms with Crippen LogP contribution < -0.4 is 0 Å². The number of benzene rings is 8. The first-order valence-electron chi connectivity index (χ1n) is 16.9. The monoisotopic (exact) mass is 637 g/mol. The molecule has 1 aromatic heterocycles. The van der Waals surface area contributed by atoms with E-state index in [1.54, 1.807) is 0 Å². The lowest BCUT2D eigenvalue weighted by Gasteiger charge is -2.16. The predicted molar refractivity (Wildman–Crippen MR) is 207 cm³/mol. The van der Waals surface area contributed by atoms with Gasteiger partial charge in [-0.05, 0) is 67.1 Å².